The van der Waals surface area contributed by atoms with Crippen LogP contribution in [-0.4, -0.2) is 228 Å². The fourth-order valence-corrected chi connectivity index (χ4v) is 20.4. The summed E-state index contributed by atoms with van der Waals surface area (Å²) in [5, 5.41) is 23.5. The second kappa shape index (κ2) is 40.7. The number of nitrogens with one attached hydrogen (secondary N) is 5. The Morgan fingerprint density at radius 2 is 1.40 bits per heavy atom. The van der Waals surface area contributed by atoms with Gasteiger partial charge in [0.15, 0.2) is 0 Å². The van der Waals surface area contributed by atoms with Crippen molar-refractivity contribution in [1.82, 2.24) is 50.2 Å². The molecule has 5 amide bonds. The minimum atomic E-state index is -6.11. The van der Waals surface area contributed by atoms with E-state index < -0.39 is 82.3 Å². The first-order valence-electron chi connectivity index (χ1n) is 41.4. The van der Waals surface area contributed by atoms with E-state index in [1.165, 1.54) is 39.9 Å². The number of hydrogen-bond donors (Lipinski definition) is 6. The number of halogens is 4. The van der Waals surface area contributed by atoms with Crippen molar-refractivity contribution >= 4 is 107 Å². The number of nitrogens with zero attached hydrogens (tertiary/aromatic N) is 8. The molecule has 0 saturated carbocycles. The maximum Gasteiger partial charge on any atom is 0.501 e. The number of aryl methyl sites for hydroxylation is 1. The number of morpholine rings is 1. The Morgan fingerprint density at radius 1 is 0.742 bits per heavy atom. The van der Waals surface area contributed by atoms with Crippen LogP contribution in [0.4, 0.5) is 30.2 Å². The summed E-state index contributed by atoms with van der Waals surface area (Å²) in [5.74, 6) is -1.98. The summed E-state index contributed by atoms with van der Waals surface area (Å²) in [6.07, 6.45) is 8.32. The van der Waals surface area contributed by atoms with Crippen LogP contribution in [0.15, 0.2) is 165 Å². The second-order valence-electron chi connectivity index (χ2n) is 33.5. The van der Waals surface area contributed by atoms with Gasteiger partial charge in [0.25, 0.3) is 31.7 Å². The number of carbonyl (C=O) groups is 5. The third kappa shape index (κ3) is 24.1. The Bertz CT molecular complexity index is 4930. The monoisotopic (exact) mass is 1750 g/mol. The molecule has 32 heteroatoms. The summed E-state index contributed by atoms with van der Waals surface area (Å²) in [5.41, 5.74) is 3.80. The molecule has 7 aromatic rings. The van der Waals surface area contributed by atoms with E-state index in [0.29, 0.717) is 87.9 Å². The molecule has 4 aliphatic heterocycles. The van der Waals surface area contributed by atoms with Crippen molar-refractivity contribution in [1.29, 1.82) is 0 Å². The lowest BCUT2D eigenvalue weighted by atomic mass is 9.71. The number of benzene rings is 5. The number of piperazine rings is 2. The van der Waals surface area contributed by atoms with Gasteiger partial charge in [0, 0.05) is 144 Å². The van der Waals surface area contributed by atoms with Gasteiger partial charge in [0.1, 0.15) is 22.7 Å². The maximum absolute atomic E-state index is 14.4. The van der Waals surface area contributed by atoms with Gasteiger partial charge in [-0.2, -0.15) is 13.2 Å². The molecule has 6 N–H and O–H groups in total. The highest BCUT2D eigenvalue weighted by atomic mass is 35.5. The van der Waals surface area contributed by atoms with Crippen molar-refractivity contribution < 1.29 is 63.8 Å². The smallest absolute Gasteiger partial charge is 0.391 e. The van der Waals surface area contributed by atoms with Crippen LogP contribution in [-0.2, 0) is 39.0 Å². The predicted molar refractivity (Wildman–Crippen MR) is 465 cm³/mol. The number of aliphatic hydroxyl groups is 1. The highest BCUT2D eigenvalue weighted by Crippen LogP contribution is 2.45. The van der Waals surface area contributed by atoms with Gasteiger partial charge >= 0.3 is 5.51 Å². The third-order valence-electron chi connectivity index (χ3n) is 23.3. The lowest BCUT2D eigenvalue weighted by Gasteiger charge is -2.44. The first-order chi connectivity index (χ1) is 57.3. The van der Waals surface area contributed by atoms with Gasteiger partial charge in [0.2, 0.25) is 17.7 Å². The molecule has 120 heavy (non-hydrogen) atoms. The average Bonchev–Trinajstić information content (AvgIpc) is 0.881. The van der Waals surface area contributed by atoms with E-state index in [0.717, 1.165) is 153 Å². The molecule has 0 spiro atoms. The number of hydrogen-bond acceptors (Lipinski definition) is 21. The topological polar surface area (TPSA) is 288 Å². The summed E-state index contributed by atoms with van der Waals surface area (Å²) >= 11 is 9.42. The number of thiazole rings is 1. The number of rotatable bonds is 34. The molecular weight excluding hydrogens is 1640 g/mol. The number of sulfonamides is 1. The first-order valence-corrected chi connectivity index (χ1v) is 46.6. The Hall–Kier alpha value is -8.50. The highest BCUT2D eigenvalue weighted by Gasteiger charge is 2.49. The van der Waals surface area contributed by atoms with Gasteiger partial charge in [-0.25, -0.2) is 31.5 Å². The molecule has 12 rings (SSSR count). The van der Waals surface area contributed by atoms with Gasteiger partial charge in [-0.15, -0.1) is 23.1 Å². The number of sulfone groups is 1. The van der Waals surface area contributed by atoms with Gasteiger partial charge in [-0.05, 0) is 164 Å². The molecule has 4 fully saturated rings. The van der Waals surface area contributed by atoms with Crippen molar-refractivity contribution in [2.45, 2.75) is 163 Å². The number of β-amino-alcohol motifs (C(OH)–C–C–N with tert-alkyl or cyclic N) is 1. The number of anilines is 3. The lowest BCUT2D eigenvalue weighted by Crippen LogP contribution is -2.57. The summed E-state index contributed by atoms with van der Waals surface area (Å²) < 4.78 is 105. The molecule has 1 aliphatic carbocycles. The third-order valence-corrected chi connectivity index (χ3v) is 28.6. The zero-order chi connectivity index (χ0) is 85.5. The molecule has 0 bridgehead atoms. The second-order valence-corrected chi connectivity index (χ2v) is 39.4. The van der Waals surface area contributed by atoms with E-state index in [-0.39, 0.29) is 54.1 Å². The molecule has 6 heterocycles. The minimum Gasteiger partial charge on any atom is -0.391 e. The van der Waals surface area contributed by atoms with Gasteiger partial charge in [0.05, 0.1) is 63.9 Å². The molecule has 0 radical (unpaired) electrons. The zero-order valence-corrected chi connectivity index (χ0v) is 73.0. The number of thioether (sulfide) groups is 1. The van der Waals surface area contributed by atoms with Gasteiger partial charge in [-0.3, -0.25) is 38.7 Å². The van der Waals surface area contributed by atoms with Crippen LogP contribution in [0.25, 0.3) is 16.0 Å². The number of amides is 5. The molecule has 5 aromatic carbocycles. The normalized spacial score (nSPS) is 19.5. The van der Waals surface area contributed by atoms with Crippen LogP contribution in [0.1, 0.15) is 149 Å². The van der Waals surface area contributed by atoms with E-state index in [1.54, 1.807) is 35.7 Å². The molecule has 3 unspecified atom stereocenters. The largest absolute Gasteiger partial charge is 0.501 e. The van der Waals surface area contributed by atoms with E-state index in [4.69, 9.17) is 16.3 Å². The van der Waals surface area contributed by atoms with Crippen molar-refractivity contribution in [3.63, 3.8) is 0 Å². The Balaban J connectivity index is 0.563. The SMILES string of the molecule is Cc1ncsc1-c1ccc([C@H](C)NC(=O)[C@@H]2C[C@@H](O)CN2C(=O)C(NC(=O)CCCCCCCNC(=O)c2ccc(N3CCN(CC4(C)CCC(c5ccc(Cl)cc5)=C(CN5CCN(c6ccc(C(=O)NS(=O)(=O)c7ccc(NC(CCN8CCOCC8)CSc8ccccc8)c(S(=O)(=O)C(F)(F)F)c7)cc6)CC5)C4)CC3)cn2)C(C)(C)C)cc1. The van der Waals surface area contributed by atoms with Crippen LogP contribution >= 0.6 is 34.7 Å². The number of aliphatic hydroxyl groups excluding tert-OH is 1. The fourth-order valence-electron chi connectivity index (χ4n) is 16.4. The van der Waals surface area contributed by atoms with Gasteiger partial charge < -0.3 is 45.8 Å². The zero-order valence-electron chi connectivity index (χ0n) is 69.0. The van der Waals surface area contributed by atoms with Crippen LogP contribution < -0.4 is 35.8 Å². The molecule has 5 aliphatic rings. The first kappa shape index (κ1) is 90.7. The van der Waals surface area contributed by atoms with Crippen LogP contribution in [0, 0.1) is 17.8 Å². The molecule has 24 nitrogen and oxygen atoms in total. The summed E-state index contributed by atoms with van der Waals surface area (Å²) in [6, 6.07) is 35.2. The molecule has 4 saturated heterocycles. The van der Waals surface area contributed by atoms with Crippen molar-refractivity contribution in [3.8, 4) is 10.4 Å². The van der Waals surface area contributed by atoms with E-state index in [1.807, 2.05) is 118 Å². The average molecular weight is 1750 g/mol. The van der Waals surface area contributed by atoms with Crippen molar-refractivity contribution in [2.24, 2.45) is 10.8 Å². The number of carbonyl (C=O) groups excluding carboxylic acids is 5. The number of unbranched alkanes of at least 4 members (excludes halogenated alkanes) is 4. The Labute approximate surface area is 716 Å². The van der Waals surface area contributed by atoms with Crippen molar-refractivity contribution in [2.75, 3.05) is 132 Å². The fraction of sp³-hybridized carbons (Fsp3) is 0.489. The number of allylic oxidation sites excluding steroid dienone is 1. The van der Waals surface area contributed by atoms with Crippen LogP contribution in [0.2, 0.25) is 5.02 Å². The maximum atomic E-state index is 14.4. The summed E-state index contributed by atoms with van der Waals surface area (Å²) in [7, 11) is -11.0. The van der Waals surface area contributed by atoms with E-state index in [2.05, 4.69) is 74.8 Å². The van der Waals surface area contributed by atoms with E-state index in [9.17, 15) is 59.1 Å². The Kier molecular flexibility index (Phi) is 30.7. The number of likely N-dealkylation sites (tertiary alicyclic amines) is 1. The number of ether oxygens (including phenoxy) is 1. The molecule has 2 aromatic heterocycles. The predicted octanol–water partition coefficient (Wildman–Crippen LogP) is 12.9. The van der Waals surface area contributed by atoms with Crippen LogP contribution in [0.3, 0.4) is 0 Å². The van der Waals surface area contributed by atoms with E-state index >= 15 is 0 Å². The highest BCUT2D eigenvalue weighted by molar-refractivity contribution is 7.99. The van der Waals surface area contributed by atoms with Crippen LogP contribution in [0.5, 0.6) is 0 Å². The number of aromatic nitrogens is 2. The number of pyridine rings is 1. The molecular formula is C88H111ClF3N13O11S4. The standard InChI is InChI=1S/C88H111ClF3N13O11S4/c1-60(62-18-20-64(21-19-62)80-61(2)95-59-118-80)96-84(110)77-51-71(106)56-105(77)85(111)81(86(3,4)5)98-79(107)17-13-8-7-9-14-37-93-83(109)76-32-30-70(54-94-76)104-45-41-102(42-46-104)58-87(6)36-34-74(63-22-26-67(89)27-23-63)66(53-87)55-101-39-43-103(44-40-101)69-28-24-65(25-29-69)82(108)99-120(114,115)73-31-33-75(78(52-73)119(112,113)88(90,91)92)97-68(35-38-100-47-49-116-50-48-100)57-117-72-15-11-10-12-16-72/h10-12,15-16,18-33,52,54,59-60,68,71,77,81,97,106H,7-9,13-14,17,34-51,53,55-58H2,1-6H3,(H,93,109)(H,96,110)(H,98,107)(H,99,108)/t60-,68?,71+,77-,81?,87?/m0/s1. The Morgan fingerprint density at radius 3 is 2.06 bits per heavy atom. The molecule has 646 valence electrons. The minimum absolute atomic E-state index is 0.000606. The quantitative estimate of drug-likeness (QED) is 0.0161. The number of alkyl halides is 3. The summed E-state index contributed by atoms with van der Waals surface area (Å²) in [4.78, 5) is 90.3. The lowest BCUT2D eigenvalue weighted by molar-refractivity contribution is -0.144. The molecule has 6 atom stereocenters. The van der Waals surface area contributed by atoms with Crippen molar-refractivity contribution in [3.05, 3.63) is 184 Å². The summed E-state index contributed by atoms with van der Waals surface area (Å²) in [6.45, 7) is 23.1. The van der Waals surface area contributed by atoms with Gasteiger partial charge in [-0.1, -0.05) is 119 Å².